The Kier molecular flexibility index (Phi) is 4.18. The molecule has 1 aliphatic rings. The highest BCUT2D eigenvalue weighted by molar-refractivity contribution is 5.77. The lowest BCUT2D eigenvalue weighted by molar-refractivity contribution is 0.0312. The van der Waals surface area contributed by atoms with Gasteiger partial charge in [0.05, 0.1) is 23.7 Å². The van der Waals surface area contributed by atoms with Crippen LogP contribution in [-0.2, 0) is 4.74 Å². The van der Waals surface area contributed by atoms with E-state index < -0.39 is 0 Å². The number of hydrogen-bond acceptors (Lipinski definition) is 4. The molecule has 1 aromatic carbocycles. The van der Waals surface area contributed by atoms with E-state index in [9.17, 15) is 0 Å². The Morgan fingerprint density at radius 3 is 2.85 bits per heavy atom. The van der Waals surface area contributed by atoms with Crippen LogP contribution in [0.25, 0.3) is 11.0 Å². The number of anilines is 1. The molecule has 0 radical (unpaired) electrons. The summed E-state index contributed by atoms with van der Waals surface area (Å²) in [6.45, 7) is 1.47. The Morgan fingerprint density at radius 1 is 1.25 bits per heavy atom. The first kappa shape index (κ1) is 13.4. The largest absolute Gasteiger partial charge is 0.376 e. The average Bonchev–Trinajstić information content (AvgIpc) is 2.88. The second-order valence-electron chi connectivity index (χ2n) is 5.44. The third kappa shape index (κ3) is 3.29. The molecule has 0 saturated heterocycles. The molecule has 0 unspecified atom stereocenters. The van der Waals surface area contributed by atoms with E-state index in [2.05, 4.69) is 15.3 Å². The maximum atomic E-state index is 5.88. The second kappa shape index (κ2) is 6.24. The van der Waals surface area contributed by atoms with Crippen LogP contribution >= 0.6 is 0 Å². The Bertz CT molecular complexity index is 513. The number of rotatable bonds is 5. The number of ether oxygens (including phenoxy) is 1. The second-order valence-corrected chi connectivity index (χ2v) is 5.44. The van der Waals surface area contributed by atoms with Crippen LogP contribution in [0.5, 0.6) is 0 Å². The molecule has 5 nitrogen and oxygen atoms in total. The summed E-state index contributed by atoms with van der Waals surface area (Å²) in [6, 6.07) is 8.39. The zero-order chi connectivity index (χ0) is 13.8. The van der Waals surface area contributed by atoms with Crippen LogP contribution in [0.1, 0.15) is 25.7 Å². The van der Waals surface area contributed by atoms with Crippen molar-refractivity contribution < 1.29 is 4.74 Å². The molecule has 0 spiro atoms. The minimum atomic E-state index is 0.378. The van der Waals surface area contributed by atoms with Gasteiger partial charge in [-0.1, -0.05) is 12.1 Å². The Balaban J connectivity index is 1.41. The third-order valence-electron chi connectivity index (χ3n) is 3.86. The van der Waals surface area contributed by atoms with Gasteiger partial charge in [-0.3, -0.25) is 0 Å². The lowest BCUT2D eigenvalue weighted by Gasteiger charge is -2.26. The van der Waals surface area contributed by atoms with E-state index in [-0.39, 0.29) is 0 Å². The van der Waals surface area contributed by atoms with Crippen molar-refractivity contribution in [3.8, 4) is 0 Å². The summed E-state index contributed by atoms with van der Waals surface area (Å²) in [5.74, 6) is 0.806. The molecule has 1 aliphatic carbocycles. The normalized spacial score (nSPS) is 23.1. The zero-order valence-corrected chi connectivity index (χ0v) is 11.6. The summed E-state index contributed by atoms with van der Waals surface area (Å²) < 4.78 is 5.87. The molecule has 0 aliphatic heterocycles. The van der Waals surface area contributed by atoms with E-state index in [0.717, 1.165) is 49.2 Å². The topological polar surface area (TPSA) is 76.0 Å². The highest BCUT2D eigenvalue weighted by Crippen LogP contribution is 2.19. The van der Waals surface area contributed by atoms with Crippen molar-refractivity contribution in [2.75, 3.05) is 18.5 Å². The summed E-state index contributed by atoms with van der Waals surface area (Å²) in [5, 5.41) is 3.27. The van der Waals surface area contributed by atoms with Crippen molar-refractivity contribution in [3.63, 3.8) is 0 Å². The first-order valence-corrected chi connectivity index (χ1v) is 7.37. The third-order valence-corrected chi connectivity index (χ3v) is 3.86. The van der Waals surface area contributed by atoms with Crippen molar-refractivity contribution in [1.29, 1.82) is 0 Å². The highest BCUT2D eigenvalue weighted by Gasteiger charge is 2.18. The summed E-state index contributed by atoms with van der Waals surface area (Å²) in [4.78, 5) is 7.71. The van der Waals surface area contributed by atoms with Gasteiger partial charge in [0.25, 0.3) is 0 Å². The quantitative estimate of drug-likeness (QED) is 0.731. The molecular weight excluding hydrogens is 252 g/mol. The molecule has 108 valence electrons. The molecule has 1 aromatic heterocycles. The summed E-state index contributed by atoms with van der Waals surface area (Å²) in [6.07, 6.45) is 4.73. The molecule has 20 heavy (non-hydrogen) atoms. The smallest absolute Gasteiger partial charge is 0.201 e. The number of nitrogens with zero attached hydrogens (tertiary/aromatic N) is 1. The number of nitrogens with one attached hydrogen (secondary N) is 2. The molecule has 1 heterocycles. The van der Waals surface area contributed by atoms with Gasteiger partial charge in [-0.2, -0.15) is 0 Å². The number of nitrogens with two attached hydrogens (primary N) is 1. The van der Waals surface area contributed by atoms with E-state index in [1.165, 1.54) is 0 Å². The fourth-order valence-electron chi connectivity index (χ4n) is 2.69. The van der Waals surface area contributed by atoms with Gasteiger partial charge in [0.15, 0.2) is 0 Å². The predicted molar refractivity (Wildman–Crippen MR) is 80.8 cm³/mol. The number of aromatic amines is 1. The van der Waals surface area contributed by atoms with E-state index >= 15 is 0 Å². The minimum absolute atomic E-state index is 0.378. The van der Waals surface area contributed by atoms with Gasteiger partial charge < -0.3 is 20.8 Å². The van der Waals surface area contributed by atoms with Crippen LogP contribution in [0.2, 0.25) is 0 Å². The number of benzene rings is 1. The molecule has 1 saturated carbocycles. The number of imidazole rings is 1. The van der Waals surface area contributed by atoms with Crippen LogP contribution in [0, 0.1) is 0 Å². The molecule has 4 N–H and O–H groups in total. The monoisotopic (exact) mass is 274 g/mol. The van der Waals surface area contributed by atoms with E-state index in [1.54, 1.807) is 0 Å². The molecule has 5 heteroatoms. The Morgan fingerprint density at radius 2 is 2.05 bits per heavy atom. The van der Waals surface area contributed by atoms with E-state index in [4.69, 9.17) is 10.5 Å². The van der Waals surface area contributed by atoms with Gasteiger partial charge in [0, 0.05) is 12.6 Å². The summed E-state index contributed by atoms with van der Waals surface area (Å²) in [7, 11) is 0. The van der Waals surface area contributed by atoms with Gasteiger partial charge >= 0.3 is 0 Å². The number of H-pyrrole nitrogens is 1. The van der Waals surface area contributed by atoms with Crippen molar-refractivity contribution in [3.05, 3.63) is 24.3 Å². The van der Waals surface area contributed by atoms with E-state index in [1.807, 2.05) is 24.3 Å². The van der Waals surface area contributed by atoms with Gasteiger partial charge in [-0.05, 0) is 37.8 Å². The molecule has 1 fully saturated rings. The van der Waals surface area contributed by atoms with Crippen LogP contribution in [-0.4, -0.2) is 35.3 Å². The van der Waals surface area contributed by atoms with Gasteiger partial charge in [-0.15, -0.1) is 0 Å². The summed E-state index contributed by atoms with van der Waals surface area (Å²) in [5.41, 5.74) is 7.92. The lowest BCUT2D eigenvalue weighted by atomic mass is 9.94. The van der Waals surface area contributed by atoms with Crippen LogP contribution in [0.4, 0.5) is 5.95 Å². The lowest BCUT2D eigenvalue weighted by Crippen LogP contribution is -2.31. The molecule has 0 atom stereocenters. The first-order valence-electron chi connectivity index (χ1n) is 7.37. The Labute approximate surface area is 118 Å². The van der Waals surface area contributed by atoms with Crippen LogP contribution in [0.3, 0.4) is 0 Å². The standard InChI is InChI=1S/C15H22N4O/c16-11-5-7-12(8-6-11)20-10-9-17-15-18-13-3-1-2-4-14(13)19-15/h1-4,11-12H,5-10,16H2,(H2,17,18,19). The molecule has 2 aromatic rings. The summed E-state index contributed by atoms with van der Waals surface area (Å²) >= 11 is 0. The van der Waals surface area contributed by atoms with Crippen molar-refractivity contribution in [1.82, 2.24) is 9.97 Å². The van der Waals surface area contributed by atoms with Crippen LogP contribution in [0.15, 0.2) is 24.3 Å². The number of para-hydroxylation sites is 2. The van der Waals surface area contributed by atoms with Gasteiger partial charge in [0.2, 0.25) is 5.95 Å². The average molecular weight is 274 g/mol. The van der Waals surface area contributed by atoms with E-state index in [0.29, 0.717) is 18.8 Å². The highest BCUT2D eigenvalue weighted by atomic mass is 16.5. The zero-order valence-electron chi connectivity index (χ0n) is 11.6. The first-order chi connectivity index (χ1) is 9.81. The predicted octanol–water partition coefficient (Wildman–Crippen LogP) is 2.26. The minimum Gasteiger partial charge on any atom is -0.376 e. The number of fused-ring (bicyclic) bond motifs is 1. The molecule has 0 bridgehead atoms. The molecule has 3 rings (SSSR count). The molecular formula is C15H22N4O. The van der Waals surface area contributed by atoms with Gasteiger partial charge in [-0.25, -0.2) is 4.98 Å². The van der Waals surface area contributed by atoms with Crippen molar-refractivity contribution in [2.45, 2.75) is 37.8 Å². The fraction of sp³-hybridized carbons (Fsp3) is 0.533. The maximum Gasteiger partial charge on any atom is 0.201 e. The van der Waals surface area contributed by atoms with Gasteiger partial charge in [0.1, 0.15) is 0 Å². The fourth-order valence-corrected chi connectivity index (χ4v) is 2.69. The molecule has 0 amide bonds. The number of hydrogen-bond donors (Lipinski definition) is 3. The van der Waals surface area contributed by atoms with Crippen LogP contribution < -0.4 is 11.1 Å². The maximum absolute atomic E-state index is 5.88. The Hall–Kier alpha value is -1.59. The van der Waals surface area contributed by atoms with Crippen molar-refractivity contribution in [2.24, 2.45) is 5.73 Å². The SMILES string of the molecule is NC1CCC(OCCNc2nc3ccccc3[nH]2)CC1. The number of aromatic nitrogens is 2. The van der Waals surface area contributed by atoms with Crippen molar-refractivity contribution >= 4 is 17.0 Å².